The number of ether oxygens (including phenoxy) is 1. The van der Waals surface area contributed by atoms with Crippen LogP contribution in [0.25, 0.3) is 0 Å². The zero-order valence-corrected chi connectivity index (χ0v) is 22.2. The molecule has 1 amide bonds. The molecule has 5 atom stereocenters. The van der Waals surface area contributed by atoms with Crippen LogP contribution in [0.2, 0.25) is 0 Å². The Labute approximate surface area is 220 Å². The summed E-state index contributed by atoms with van der Waals surface area (Å²) in [7, 11) is 1.88. The van der Waals surface area contributed by atoms with Gasteiger partial charge in [-0.05, 0) is 80.3 Å². The van der Waals surface area contributed by atoms with Gasteiger partial charge in [0.05, 0.1) is 23.5 Å². The molecule has 3 aliphatic carbocycles. The molecule has 2 saturated carbocycles. The van der Waals surface area contributed by atoms with Crippen LogP contribution in [-0.4, -0.2) is 69.8 Å². The van der Waals surface area contributed by atoms with Gasteiger partial charge in [0.1, 0.15) is 6.10 Å². The Kier molecular flexibility index (Phi) is 5.09. The van der Waals surface area contributed by atoms with Gasteiger partial charge in [0.2, 0.25) is 5.91 Å². The number of rotatable bonds is 5. The number of nitrogens with zero attached hydrogens (tertiary/aromatic N) is 2. The van der Waals surface area contributed by atoms with Crippen molar-refractivity contribution in [3.63, 3.8) is 0 Å². The number of piperidine rings is 1. The number of phenols is 1. The van der Waals surface area contributed by atoms with Crippen molar-refractivity contribution in [2.24, 2.45) is 5.92 Å². The van der Waals surface area contributed by atoms with Gasteiger partial charge in [-0.15, -0.1) is 0 Å². The minimum absolute atomic E-state index is 0.0469. The molecule has 2 aromatic rings. The van der Waals surface area contributed by atoms with Crippen molar-refractivity contribution in [2.45, 2.75) is 74.1 Å². The molecule has 2 heterocycles. The lowest BCUT2D eigenvalue weighted by Gasteiger charge is -2.64. The monoisotopic (exact) mass is 552 g/mol. The van der Waals surface area contributed by atoms with Gasteiger partial charge in [-0.2, -0.15) is 0 Å². The normalized spacial score (nSPS) is 34.1. The van der Waals surface area contributed by atoms with E-state index in [1.165, 1.54) is 18.4 Å². The maximum atomic E-state index is 13.5. The first-order chi connectivity index (χ1) is 17.3. The maximum Gasteiger partial charge on any atom is 0.227 e. The Balaban J connectivity index is 1.26. The molecule has 0 aromatic heterocycles. The highest BCUT2D eigenvalue weighted by molar-refractivity contribution is 9.10. The minimum atomic E-state index is -0.928. The molecular weight excluding hydrogens is 520 g/mol. The van der Waals surface area contributed by atoms with Crippen LogP contribution in [0.1, 0.15) is 48.8 Å². The second-order valence-corrected chi connectivity index (χ2v) is 12.6. The van der Waals surface area contributed by atoms with E-state index in [1.54, 1.807) is 6.07 Å². The number of carbonyl (C=O) groups is 1. The molecule has 7 rings (SSSR count). The quantitative estimate of drug-likeness (QED) is 0.590. The van der Waals surface area contributed by atoms with E-state index in [4.69, 9.17) is 4.74 Å². The lowest BCUT2D eigenvalue weighted by molar-refractivity contribution is -0.200. The van der Waals surface area contributed by atoms with Gasteiger partial charge in [0.15, 0.2) is 11.5 Å². The van der Waals surface area contributed by atoms with Crippen molar-refractivity contribution < 1.29 is 19.7 Å². The fraction of sp³-hybridized carbons (Fsp3) is 0.552. The van der Waals surface area contributed by atoms with Crippen molar-refractivity contribution in [3.05, 3.63) is 57.6 Å². The fourth-order valence-electron chi connectivity index (χ4n) is 7.94. The van der Waals surface area contributed by atoms with Crippen LogP contribution in [0.15, 0.2) is 40.9 Å². The Bertz CT molecular complexity index is 1230. The molecule has 2 aromatic carbocycles. The Hall–Kier alpha value is -2.09. The zero-order chi connectivity index (χ0) is 24.8. The zero-order valence-electron chi connectivity index (χ0n) is 20.6. The molecule has 36 heavy (non-hydrogen) atoms. The van der Waals surface area contributed by atoms with Crippen LogP contribution in [0.5, 0.6) is 11.5 Å². The highest BCUT2D eigenvalue weighted by Gasteiger charge is 2.73. The average molecular weight is 553 g/mol. The lowest BCUT2D eigenvalue weighted by Crippen LogP contribution is -2.78. The lowest BCUT2D eigenvalue weighted by atomic mass is 9.48. The SMILES string of the molecule is CN(C(=O)Cc1ccc(Br)cc1)[C@H]1CC[C@@]2(O)[C@@H]3Cc4ccc(O)c5c4[C@@]2(CCN3CC2CC2)[C@H]1O5. The van der Waals surface area contributed by atoms with E-state index < -0.39 is 11.0 Å². The van der Waals surface area contributed by atoms with Crippen LogP contribution >= 0.6 is 15.9 Å². The van der Waals surface area contributed by atoms with Crippen molar-refractivity contribution in [1.82, 2.24) is 9.80 Å². The molecule has 5 aliphatic rings. The van der Waals surface area contributed by atoms with Crippen molar-refractivity contribution in [2.75, 3.05) is 20.1 Å². The third kappa shape index (κ3) is 3.12. The van der Waals surface area contributed by atoms with E-state index in [2.05, 4.69) is 20.8 Å². The van der Waals surface area contributed by atoms with E-state index in [0.29, 0.717) is 25.0 Å². The van der Waals surface area contributed by atoms with Crippen molar-refractivity contribution in [1.29, 1.82) is 0 Å². The summed E-state index contributed by atoms with van der Waals surface area (Å²) < 4.78 is 7.62. The second-order valence-electron chi connectivity index (χ2n) is 11.7. The Morgan fingerprint density at radius 2 is 1.94 bits per heavy atom. The molecule has 1 saturated heterocycles. The predicted octanol–water partition coefficient (Wildman–Crippen LogP) is 3.79. The first kappa shape index (κ1) is 23.1. The summed E-state index contributed by atoms with van der Waals surface area (Å²) in [6.07, 6.45) is 5.42. The van der Waals surface area contributed by atoms with Gasteiger partial charge in [-0.25, -0.2) is 0 Å². The molecule has 2 N–H and O–H groups in total. The third-order valence-corrected chi connectivity index (χ3v) is 10.4. The summed E-state index contributed by atoms with van der Waals surface area (Å²) in [6, 6.07) is 11.5. The summed E-state index contributed by atoms with van der Waals surface area (Å²) in [6.45, 7) is 1.98. The third-order valence-electron chi connectivity index (χ3n) is 9.89. The Morgan fingerprint density at radius 1 is 1.17 bits per heavy atom. The van der Waals surface area contributed by atoms with Gasteiger partial charge in [-0.1, -0.05) is 34.1 Å². The van der Waals surface area contributed by atoms with Gasteiger partial charge in [0, 0.05) is 29.7 Å². The van der Waals surface area contributed by atoms with Crippen molar-refractivity contribution in [3.8, 4) is 11.5 Å². The molecule has 0 radical (unpaired) electrons. The molecule has 0 unspecified atom stereocenters. The first-order valence-corrected chi connectivity index (χ1v) is 14.1. The van der Waals surface area contributed by atoms with E-state index in [9.17, 15) is 15.0 Å². The van der Waals surface area contributed by atoms with Gasteiger partial charge < -0.3 is 19.8 Å². The van der Waals surface area contributed by atoms with Crippen LogP contribution in [-0.2, 0) is 23.1 Å². The molecule has 3 fully saturated rings. The average Bonchev–Trinajstić information content (AvgIpc) is 3.60. The summed E-state index contributed by atoms with van der Waals surface area (Å²) in [5, 5.41) is 23.4. The molecule has 7 heteroatoms. The number of aliphatic hydroxyl groups is 1. The first-order valence-electron chi connectivity index (χ1n) is 13.3. The molecule has 2 aliphatic heterocycles. The van der Waals surface area contributed by atoms with Gasteiger partial charge >= 0.3 is 0 Å². The number of likely N-dealkylation sites (tertiary alicyclic amines) is 1. The highest BCUT2D eigenvalue weighted by Crippen LogP contribution is 2.66. The maximum absolute atomic E-state index is 13.5. The smallest absolute Gasteiger partial charge is 0.227 e. The molecule has 2 bridgehead atoms. The number of hydrogen-bond acceptors (Lipinski definition) is 5. The topological polar surface area (TPSA) is 73.2 Å². The summed E-state index contributed by atoms with van der Waals surface area (Å²) in [5.74, 6) is 1.48. The number of halogens is 1. The number of carbonyl (C=O) groups excluding carboxylic acids is 1. The van der Waals surface area contributed by atoms with E-state index in [1.807, 2.05) is 42.3 Å². The minimum Gasteiger partial charge on any atom is -0.504 e. The van der Waals surface area contributed by atoms with Crippen LogP contribution < -0.4 is 4.74 Å². The number of likely N-dealkylation sites (N-methyl/N-ethyl adjacent to an activating group) is 1. The molecule has 6 nitrogen and oxygen atoms in total. The summed E-state index contributed by atoms with van der Waals surface area (Å²) >= 11 is 3.46. The van der Waals surface area contributed by atoms with E-state index in [0.717, 1.165) is 47.4 Å². The number of phenolic OH excluding ortho intramolecular Hbond substituents is 1. The van der Waals surface area contributed by atoms with Crippen LogP contribution in [0.4, 0.5) is 0 Å². The number of hydrogen-bond donors (Lipinski definition) is 2. The van der Waals surface area contributed by atoms with E-state index >= 15 is 0 Å². The second kappa shape index (κ2) is 7.95. The number of aromatic hydroxyl groups is 1. The van der Waals surface area contributed by atoms with Gasteiger partial charge in [0.25, 0.3) is 0 Å². The van der Waals surface area contributed by atoms with Crippen LogP contribution in [0, 0.1) is 5.92 Å². The highest BCUT2D eigenvalue weighted by atomic mass is 79.9. The van der Waals surface area contributed by atoms with Gasteiger partial charge in [-0.3, -0.25) is 9.69 Å². The standard InChI is InChI=1S/C29H33BrN2O4/c1-31(24(34)14-17-4-7-20(30)8-5-17)21-10-11-29(35)23-15-19-6-9-22(33)26-25(19)28(29,27(21)36-26)12-13-32(23)16-18-2-3-18/h4-9,18,21,23,27,33,35H,2-3,10-16H2,1H3/t21-,23-,27-,28-,29+/m0/s1. The summed E-state index contributed by atoms with van der Waals surface area (Å²) in [5.41, 5.74) is 1.64. The molecular formula is C29H33BrN2O4. The molecule has 1 spiro atoms. The number of amides is 1. The summed E-state index contributed by atoms with van der Waals surface area (Å²) in [4.78, 5) is 17.8. The van der Waals surface area contributed by atoms with E-state index in [-0.39, 0.29) is 29.8 Å². The predicted molar refractivity (Wildman–Crippen MR) is 139 cm³/mol. The van der Waals surface area contributed by atoms with Crippen molar-refractivity contribution >= 4 is 21.8 Å². The Morgan fingerprint density at radius 3 is 2.69 bits per heavy atom. The largest absolute Gasteiger partial charge is 0.504 e. The fourth-order valence-corrected chi connectivity index (χ4v) is 8.20. The van der Waals surface area contributed by atoms with Crippen LogP contribution in [0.3, 0.4) is 0 Å². The molecule has 190 valence electrons. The number of benzene rings is 2.